The summed E-state index contributed by atoms with van der Waals surface area (Å²) < 4.78 is 0. The van der Waals surface area contributed by atoms with Crippen molar-refractivity contribution in [2.24, 2.45) is 0 Å². The summed E-state index contributed by atoms with van der Waals surface area (Å²) in [5, 5.41) is 13.9. The zero-order valence-electron chi connectivity index (χ0n) is 8.18. The highest BCUT2D eigenvalue weighted by molar-refractivity contribution is 7.14. The number of carbonyl (C=O) groups is 1. The number of hydrogen-bond acceptors (Lipinski definition) is 4. The lowest BCUT2D eigenvalue weighted by atomic mass is 10.2. The molecule has 2 rings (SSSR count). The van der Waals surface area contributed by atoms with Crippen molar-refractivity contribution in [3.8, 4) is 6.07 Å². The minimum Gasteiger partial charge on any atom is -0.312 e. The standard InChI is InChI=1S/C11H7N3OS/c12-6-8-3-4-9(13-7-8)11(15)14-10-2-1-5-16-10/h1-5,7H,(H,14,15). The Morgan fingerprint density at radius 2 is 2.31 bits per heavy atom. The first-order chi connectivity index (χ1) is 7.79. The maximum atomic E-state index is 11.7. The minimum atomic E-state index is -0.271. The number of hydrogen-bond donors (Lipinski definition) is 1. The number of amides is 1. The first-order valence-electron chi connectivity index (χ1n) is 4.50. The molecule has 2 aromatic heterocycles. The Morgan fingerprint density at radius 3 is 2.88 bits per heavy atom. The molecule has 78 valence electrons. The Kier molecular flexibility index (Phi) is 2.94. The first-order valence-corrected chi connectivity index (χ1v) is 5.38. The maximum Gasteiger partial charge on any atom is 0.274 e. The molecule has 0 aliphatic carbocycles. The fourth-order valence-corrected chi connectivity index (χ4v) is 1.73. The van der Waals surface area contributed by atoms with E-state index in [1.54, 1.807) is 6.07 Å². The highest BCUT2D eigenvalue weighted by Crippen LogP contribution is 2.15. The van der Waals surface area contributed by atoms with Gasteiger partial charge in [0.25, 0.3) is 5.91 Å². The summed E-state index contributed by atoms with van der Waals surface area (Å²) in [6, 6.07) is 8.71. The maximum absolute atomic E-state index is 11.7. The highest BCUT2D eigenvalue weighted by atomic mass is 32.1. The Balaban J connectivity index is 2.12. The van der Waals surface area contributed by atoms with Crippen LogP contribution in [-0.4, -0.2) is 10.9 Å². The zero-order valence-corrected chi connectivity index (χ0v) is 8.99. The van der Waals surface area contributed by atoms with E-state index in [0.29, 0.717) is 11.3 Å². The highest BCUT2D eigenvalue weighted by Gasteiger charge is 2.07. The molecular weight excluding hydrogens is 222 g/mol. The van der Waals surface area contributed by atoms with Crippen molar-refractivity contribution in [2.45, 2.75) is 0 Å². The number of carbonyl (C=O) groups excluding carboxylic acids is 1. The summed E-state index contributed by atoms with van der Waals surface area (Å²) in [6.45, 7) is 0. The molecule has 0 bridgehead atoms. The zero-order chi connectivity index (χ0) is 11.4. The summed E-state index contributed by atoms with van der Waals surface area (Å²) in [6.07, 6.45) is 1.38. The number of pyridine rings is 1. The average Bonchev–Trinajstić information content (AvgIpc) is 2.82. The molecule has 2 aromatic rings. The molecule has 0 unspecified atom stereocenters. The Labute approximate surface area is 96.2 Å². The average molecular weight is 229 g/mol. The van der Waals surface area contributed by atoms with Crippen LogP contribution in [-0.2, 0) is 0 Å². The van der Waals surface area contributed by atoms with E-state index < -0.39 is 0 Å². The summed E-state index contributed by atoms with van der Waals surface area (Å²) in [5.74, 6) is -0.271. The van der Waals surface area contributed by atoms with Crippen molar-refractivity contribution in [2.75, 3.05) is 5.32 Å². The van der Waals surface area contributed by atoms with Crippen LogP contribution in [0.3, 0.4) is 0 Å². The van der Waals surface area contributed by atoms with Crippen molar-refractivity contribution in [1.29, 1.82) is 5.26 Å². The molecule has 0 aromatic carbocycles. The van der Waals surface area contributed by atoms with Gasteiger partial charge < -0.3 is 5.32 Å². The van der Waals surface area contributed by atoms with Gasteiger partial charge in [-0.05, 0) is 29.6 Å². The SMILES string of the molecule is N#Cc1ccc(C(=O)Nc2cccs2)nc1. The van der Waals surface area contributed by atoms with Crippen molar-refractivity contribution in [3.05, 3.63) is 47.1 Å². The molecule has 0 saturated carbocycles. The number of nitrogens with one attached hydrogen (secondary N) is 1. The monoisotopic (exact) mass is 229 g/mol. The van der Waals surface area contributed by atoms with E-state index >= 15 is 0 Å². The molecule has 1 N–H and O–H groups in total. The van der Waals surface area contributed by atoms with Crippen molar-refractivity contribution in [1.82, 2.24) is 4.98 Å². The van der Waals surface area contributed by atoms with Crippen LogP contribution in [0.5, 0.6) is 0 Å². The van der Waals surface area contributed by atoms with E-state index in [9.17, 15) is 4.79 Å². The number of rotatable bonds is 2. The molecule has 1 amide bonds. The largest absolute Gasteiger partial charge is 0.312 e. The summed E-state index contributed by atoms with van der Waals surface area (Å²) in [5.41, 5.74) is 0.736. The van der Waals surface area contributed by atoms with E-state index in [-0.39, 0.29) is 5.91 Å². The quantitative estimate of drug-likeness (QED) is 0.859. The van der Waals surface area contributed by atoms with Gasteiger partial charge in [-0.15, -0.1) is 11.3 Å². The Morgan fingerprint density at radius 1 is 1.44 bits per heavy atom. The molecule has 0 aliphatic heterocycles. The van der Waals surface area contributed by atoms with E-state index in [0.717, 1.165) is 5.00 Å². The molecule has 0 aliphatic rings. The lowest BCUT2D eigenvalue weighted by Gasteiger charge is -2.00. The minimum absolute atomic E-state index is 0.271. The fraction of sp³-hybridized carbons (Fsp3) is 0. The van der Waals surface area contributed by atoms with Crippen LogP contribution in [0, 0.1) is 11.3 Å². The molecule has 4 nitrogen and oxygen atoms in total. The Bertz CT molecular complexity index is 525. The van der Waals surface area contributed by atoms with Gasteiger partial charge in [-0.1, -0.05) is 0 Å². The van der Waals surface area contributed by atoms with Gasteiger partial charge in [-0.2, -0.15) is 5.26 Å². The van der Waals surface area contributed by atoms with Gasteiger partial charge in [0, 0.05) is 6.20 Å². The van der Waals surface area contributed by atoms with Crippen LogP contribution in [0.2, 0.25) is 0 Å². The van der Waals surface area contributed by atoms with Crippen molar-refractivity contribution in [3.63, 3.8) is 0 Å². The smallest absolute Gasteiger partial charge is 0.274 e. The van der Waals surface area contributed by atoms with Crippen LogP contribution < -0.4 is 5.32 Å². The van der Waals surface area contributed by atoms with Gasteiger partial charge in [0.2, 0.25) is 0 Å². The molecule has 5 heteroatoms. The van der Waals surface area contributed by atoms with E-state index in [2.05, 4.69) is 10.3 Å². The molecule has 16 heavy (non-hydrogen) atoms. The van der Waals surface area contributed by atoms with Crippen LogP contribution in [0.1, 0.15) is 16.1 Å². The van der Waals surface area contributed by atoms with E-state index in [1.807, 2.05) is 23.6 Å². The van der Waals surface area contributed by atoms with E-state index in [4.69, 9.17) is 5.26 Å². The lowest BCUT2D eigenvalue weighted by Crippen LogP contribution is -2.12. The number of thiophene rings is 1. The molecule has 0 radical (unpaired) electrons. The molecule has 0 fully saturated rings. The second kappa shape index (κ2) is 4.55. The summed E-state index contributed by atoms with van der Waals surface area (Å²) >= 11 is 1.44. The summed E-state index contributed by atoms with van der Waals surface area (Å²) in [7, 11) is 0. The number of nitriles is 1. The van der Waals surface area contributed by atoms with Crippen LogP contribution in [0.4, 0.5) is 5.00 Å². The van der Waals surface area contributed by atoms with Crippen molar-refractivity contribution >= 4 is 22.2 Å². The predicted molar refractivity (Wildman–Crippen MR) is 61.2 cm³/mol. The normalized spacial score (nSPS) is 9.44. The second-order valence-electron chi connectivity index (χ2n) is 2.98. The third kappa shape index (κ3) is 2.24. The third-order valence-corrected chi connectivity index (χ3v) is 2.67. The first kappa shape index (κ1) is 10.3. The third-order valence-electron chi connectivity index (χ3n) is 1.88. The van der Waals surface area contributed by atoms with Gasteiger partial charge in [-0.3, -0.25) is 4.79 Å². The molecule has 0 atom stereocenters. The van der Waals surface area contributed by atoms with Gasteiger partial charge in [0.1, 0.15) is 11.8 Å². The fourth-order valence-electron chi connectivity index (χ4n) is 1.12. The van der Waals surface area contributed by atoms with Crippen LogP contribution in [0.15, 0.2) is 35.8 Å². The molecule has 0 saturated heterocycles. The number of nitrogens with zero attached hydrogens (tertiary/aromatic N) is 2. The molecular formula is C11H7N3OS. The summed E-state index contributed by atoms with van der Waals surface area (Å²) in [4.78, 5) is 15.6. The van der Waals surface area contributed by atoms with Crippen LogP contribution >= 0.6 is 11.3 Å². The topological polar surface area (TPSA) is 65.8 Å². The lowest BCUT2D eigenvalue weighted by molar-refractivity contribution is 0.102. The Hall–Kier alpha value is -2.19. The van der Waals surface area contributed by atoms with Crippen LogP contribution in [0.25, 0.3) is 0 Å². The number of aromatic nitrogens is 1. The molecule has 0 spiro atoms. The van der Waals surface area contributed by atoms with E-state index in [1.165, 1.54) is 23.6 Å². The van der Waals surface area contributed by atoms with Gasteiger partial charge >= 0.3 is 0 Å². The van der Waals surface area contributed by atoms with Crippen molar-refractivity contribution < 1.29 is 4.79 Å². The predicted octanol–water partition coefficient (Wildman–Crippen LogP) is 2.27. The van der Waals surface area contributed by atoms with Gasteiger partial charge in [-0.25, -0.2) is 4.98 Å². The number of anilines is 1. The molecule has 2 heterocycles. The van der Waals surface area contributed by atoms with Gasteiger partial charge in [0.15, 0.2) is 0 Å². The van der Waals surface area contributed by atoms with Gasteiger partial charge in [0.05, 0.1) is 10.6 Å². The second-order valence-corrected chi connectivity index (χ2v) is 3.92.